The molecule has 0 unspecified atom stereocenters. The normalized spacial score (nSPS) is 9.55. The quantitative estimate of drug-likeness (QED) is 0.580. The Labute approximate surface area is 63.0 Å². The van der Waals surface area contributed by atoms with Crippen molar-refractivity contribution in [1.82, 2.24) is 9.97 Å². The fourth-order valence-electron chi connectivity index (χ4n) is 0.728. The molecule has 5 heteroatoms. The van der Waals surface area contributed by atoms with Gasteiger partial charge in [-0.2, -0.15) is 0 Å². The molecule has 0 radical (unpaired) electrons. The molecule has 0 saturated carbocycles. The Kier molecular flexibility index (Phi) is 2.62. The molecular formula is C6H8N2O3. The van der Waals surface area contributed by atoms with E-state index in [9.17, 15) is 4.79 Å². The van der Waals surface area contributed by atoms with Crippen LogP contribution in [0.4, 0.5) is 0 Å². The van der Waals surface area contributed by atoms with Crippen LogP contribution in [0.15, 0.2) is 6.33 Å². The van der Waals surface area contributed by atoms with E-state index in [0.29, 0.717) is 17.9 Å². The first kappa shape index (κ1) is 7.74. The van der Waals surface area contributed by atoms with Gasteiger partial charge in [0.1, 0.15) is 6.61 Å². The molecule has 11 heavy (non-hydrogen) atoms. The summed E-state index contributed by atoms with van der Waals surface area (Å²) in [5.74, 6) is 0. The van der Waals surface area contributed by atoms with E-state index < -0.39 is 0 Å². The summed E-state index contributed by atoms with van der Waals surface area (Å²) in [6, 6.07) is 0. The number of H-pyrrole nitrogens is 1. The number of aromatic nitrogens is 2. The number of imidazole rings is 1. The van der Waals surface area contributed by atoms with Crippen molar-refractivity contribution in [3.05, 3.63) is 17.7 Å². The highest BCUT2D eigenvalue weighted by atomic mass is 16.5. The van der Waals surface area contributed by atoms with Crippen LogP contribution in [0.3, 0.4) is 0 Å². The van der Waals surface area contributed by atoms with Gasteiger partial charge in [-0.15, -0.1) is 0 Å². The molecule has 2 N–H and O–H groups in total. The topological polar surface area (TPSA) is 75.2 Å². The number of hydrogen-bond acceptors (Lipinski definition) is 4. The second-order valence-electron chi connectivity index (χ2n) is 1.89. The number of carbonyl (C=O) groups is 1. The van der Waals surface area contributed by atoms with E-state index in [0.717, 1.165) is 0 Å². The molecule has 0 bridgehead atoms. The highest BCUT2D eigenvalue weighted by Gasteiger charge is 2.02. The van der Waals surface area contributed by atoms with Crippen LogP contribution >= 0.6 is 0 Å². The van der Waals surface area contributed by atoms with Gasteiger partial charge in [0.15, 0.2) is 0 Å². The molecule has 0 atom stereocenters. The lowest BCUT2D eigenvalue weighted by Crippen LogP contribution is -1.95. The van der Waals surface area contributed by atoms with E-state index in [2.05, 4.69) is 14.7 Å². The summed E-state index contributed by atoms with van der Waals surface area (Å²) in [5, 5.41) is 8.68. The third-order valence-corrected chi connectivity index (χ3v) is 1.25. The zero-order valence-electron chi connectivity index (χ0n) is 5.78. The molecule has 0 saturated heterocycles. The van der Waals surface area contributed by atoms with Gasteiger partial charge in [-0.1, -0.05) is 0 Å². The Balaban J connectivity index is 2.60. The summed E-state index contributed by atoms with van der Waals surface area (Å²) in [7, 11) is 0. The van der Waals surface area contributed by atoms with E-state index in [-0.39, 0.29) is 13.2 Å². The average Bonchev–Trinajstić information content (AvgIpc) is 2.47. The minimum Gasteiger partial charge on any atom is -0.461 e. The van der Waals surface area contributed by atoms with Gasteiger partial charge >= 0.3 is 0 Å². The molecule has 1 aromatic heterocycles. The summed E-state index contributed by atoms with van der Waals surface area (Å²) in [6.45, 7) is 0.322. The molecule has 1 heterocycles. The van der Waals surface area contributed by atoms with Crippen LogP contribution in [-0.2, 0) is 22.7 Å². The van der Waals surface area contributed by atoms with Crippen molar-refractivity contribution in [2.75, 3.05) is 0 Å². The lowest BCUT2D eigenvalue weighted by Gasteiger charge is -1.96. The predicted octanol–water partition coefficient (Wildman–Crippen LogP) is -0.425. The molecule has 1 rings (SSSR count). The monoisotopic (exact) mass is 156 g/mol. The Morgan fingerprint density at radius 3 is 3.27 bits per heavy atom. The first-order valence-electron chi connectivity index (χ1n) is 3.05. The van der Waals surface area contributed by atoms with Gasteiger partial charge in [0, 0.05) is 0 Å². The highest BCUT2D eigenvalue weighted by Crippen LogP contribution is 2.02. The first-order valence-corrected chi connectivity index (χ1v) is 3.05. The van der Waals surface area contributed by atoms with Crippen LogP contribution in [0.1, 0.15) is 11.4 Å². The number of rotatable bonds is 4. The van der Waals surface area contributed by atoms with Crippen molar-refractivity contribution in [1.29, 1.82) is 0 Å². The van der Waals surface area contributed by atoms with Gasteiger partial charge in [0.05, 0.1) is 24.3 Å². The number of aromatic amines is 1. The summed E-state index contributed by atoms with van der Waals surface area (Å²) in [6.07, 6.45) is 1.44. The van der Waals surface area contributed by atoms with Crippen LogP contribution < -0.4 is 0 Å². The molecule has 60 valence electrons. The minimum absolute atomic E-state index is 0.124. The largest absolute Gasteiger partial charge is 0.461 e. The maximum atomic E-state index is 9.78. The van der Waals surface area contributed by atoms with E-state index in [1.165, 1.54) is 6.33 Å². The van der Waals surface area contributed by atoms with E-state index in [1.54, 1.807) is 0 Å². The Hall–Kier alpha value is -1.36. The fraction of sp³-hybridized carbons (Fsp3) is 0.333. The molecule has 5 nitrogen and oxygen atoms in total. The number of nitrogens with zero attached hydrogens (tertiary/aromatic N) is 1. The third-order valence-electron chi connectivity index (χ3n) is 1.25. The maximum absolute atomic E-state index is 9.78. The number of nitrogens with one attached hydrogen (secondary N) is 1. The van der Waals surface area contributed by atoms with Crippen LogP contribution in [0.5, 0.6) is 0 Å². The Morgan fingerprint density at radius 1 is 1.82 bits per heavy atom. The van der Waals surface area contributed by atoms with Gasteiger partial charge in [-0.25, -0.2) is 4.98 Å². The molecule has 1 aromatic rings. The third kappa shape index (κ3) is 1.78. The van der Waals surface area contributed by atoms with Crippen molar-refractivity contribution in [3.8, 4) is 0 Å². The number of aliphatic hydroxyl groups excluding tert-OH is 1. The molecule has 0 spiro atoms. The predicted molar refractivity (Wildman–Crippen MR) is 35.4 cm³/mol. The molecule has 0 aromatic carbocycles. The van der Waals surface area contributed by atoms with Crippen LogP contribution in [0.25, 0.3) is 0 Å². The Morgan fingerprint density at radius 2 is 2.64 bits per heavy atom. The zero-order chi connectivity index (χ0) is 8.10. The minimum atomic E-state index is -0.152. The second kappa shape index (κ2) is 3.72. The van der Waals surface area contributed by atoms with Crippen molar-refractivity contribution in [2.24, 2.45) is 0 Å². The molecular weight excluding hydrogens is 148 g/mol. The van der Waals surface area contributed by atoms with Crippen LogP contribution in [0.2, 0.25) is 0 Å². The van der Waals surface area contributed by atoms with Crippen LogP contribution in [-0.4, -0.2) is 21.5 Å². The highest BCUT2D eigenvalue weighted by molar-refractivity contribution is 5.37. The van der Waals surface area contributed by atoms with Gasteiger partial charge in [0.25, 0.3) is 6.47 Å². The maximum Gasteiger partial charge on any atom is 0.293 e. The summed E-state index contributed by atoms with van der Waals surface area (Å²) >= 11 is 0. The lowest BCUT2D eigenvalue weighted by atomic mass is 10.3. The SMILES string of the molecule is O=COCc1[nH]cnc1CO. The van der Waals surface area contributed by atoms with Crippen molar-refractivity contribution in [2.45, 2.75) is 13.2 Å². The van der Waals surface area contributed by atoms with E-state index in [1.807, 2.05) is 0 Å². The molecule has 0 aliphatic carbocycles. The van der Waals surface area contributed by atoms with E-state index >= 15 is 0 Å². The van der Waals surface area contributed by atoms with Gasteiger partial charge in [-0.05, 0) is 0 Å². The zero-order valence-corrected chi connectivity index (χ0v) is 5.78. The Bertz CT molecular complexity index is 233. The van der Waals surface area contributed by atoms with Crippen LogP contribution in [0, 0.1) is 0 Å². The smallest absolute Gasteiger partial charge is 0.293 e. The van der Waals surface area contributed by atoms with Crippen molar-refractivity contribution >= 4 is 6.47 Å². The van der Waals surface area contributed by atoms with E-state index in [4.69, 9.17) is 5.11 Å². The number of ether oxygens (including phenoxy) is 1. The standard InChI is InChI=1S/C6H8N2O3/c9-1-5-6(2-11-4-10)8-3-7-5/h3-4,9H,1-2H2,(H,7,8). The first-order chi connectivity index (χ1) is 5.38. The fourth-order valence-corrected chi connectivity index (χ4v) is 0.728. The van der Waals surface area contributed by atoms with Crippen molar-refractivity contribution in [3.63, 3.8) is 0 Å². The molecule has 0 amide bonds. The molecule has 0 fully saturated rings. The lowest BCUT2D eigenvalue weighted by molar-refractivity contribution is -0.129. The van der Waals surface area contributed by atoms with Gasteiger partial charge in [0.2, 0.25) is 0 Å². The summed E-state index contributed by atoms with van der Waals surface area (Å²) in [5.41, 5.74) is 1.13. The second-order valence-corrected chi connectivity index (χ2v) is 1.89. The summed E-state index contributed by atoms with van der Waals surface area (Å²) in [4.78, 5) is 16.3. The van der Waals surface area contributed by atoms with Gasteiger partial charge < -0.3 is 14.8 Å². The number of carbonyl (C=O) groups excluding carboxylic acids is 1. The molecule has 0 aliphatic heterocycles. The molecule has 0 aliphatic rings. The van der Waals surface area contributed by atoms with Crippen molar-refractivity contribution < 1.29 is 14.6 Å². The number of aliphatic hydroxyl groups is 1. The average molecular weight is 156 g/mol. The number of hydrogen-bond donors (Lipinski definition) is 2. The summed E-state index contributed by atoms with van der Waals surface area (Å²) < 4.78 is 4.46. The van der Waals surface area contributed by atoms with Gasteiger partial charge in [-0.3, -0.25) is 4.79 Å².